The van der Waals surface area contributed by atoms with Gasteiger partial charge < -0.3 is 5.11 Å². The van der Waals surface area contributed by atoms with Crippen molar-refractivity contribution in [3.63, 3.8) is 0 Å². The number of allylic oxidation sites excluding steroid dienone is 2. The van der Waals surface area contributed by atoms with Crippen molar-refractivity contribution in [1.82, 2.24) is 0 Å². The van der Waals surface area contributed by atoms with Crippen LogP contribution in [0.3, 0.4) is 0 Å². The molecule has 1 aromatic rings. The Bertz CT molecular complexity index is 531. The lowest BCUT2D eigenvalue weighted by atomic mass is 10.1. The highest BCUT2D eigenvalue weighted by atomic mass is 16.6. The first-order valence-corrected chi connectivity index (χ1v) is 4.51. The van der Waals surface area contributed by atoms with Crippen molar-refractivity contribution < 1.29 is 10.0 Å². The van der Waals surface area contributed by atoms with E-state index in [2.05, 4.69) is 4.85 Å². The minimum atomic E-state index is -0.528. The molecule has 0 aliphatic heterocycles. The summed E-state index contributed by atoms with van der Waals surface area (Å²) in [6, 6.07) is 7.10. The third-order valence-corrected chi connectivity index (χ3v) is 2.01. The average Bonchev–Trinajstić information content (AvgIpc) is 2.31. The van der Waals surface area contributed by atoms with E-state index in [-0.39, 0.29) is 23.6 Å². The Morgan fingerprint density at radius 3 is 2.53 bits per heavy atom. The van der Waals surface area contributed by atoms with Crippen LogP contribution in [0.4, 0.5) is 5.69 Å². The molecule has 0 unspecified atom stereocenters. The van der Waals surface area contributed by atoms with E-state index in [4.69, 9.17) is 11.8 Å². The lowest BCUT2D eigenvalue weighted by Gasteiger charge is -2.00. The van der Waals surface area contributed by atoms with E-state index in [9.17, 15) is 15.2 Å². The maximum atomic E-state index is 10.4. The van der Waals surface area contributed by atoms with E-state index in [1.54, 1.807) is 6.07 Å². The first kappa shape index (κ1) is 12.2. The van der Waals surface area contributed by atoms with Gasteiger partial charge in [0.25, 0.3) is 11.4 Å². The third kappa shape index (κ3) is 3.05. The van der Waals surface area contributed by atoms with Crippen LogP contribution < -0.4 is 0 Å². The van der Waals surface area contributed by atoms with E-state index >= 15 is 0 Å². The van der Waals surface area contributed by atoms with Gasteiger partial charge in [0.15, 0.2) is 0 Å². The molecule has 0 aliphatic rings. The van der Waals surface area contributed by atoms with Crippen LogP contribution in [-0.4, -0.2) is 10.0 Å². The van der Waals surface area contributed by atoms with Gasteiger partial charge in [-0.1, -0.05) is 12.1 Å². The first-order chi connectivity index (χ1) is 8.08. The van der Waals surface area contributed by atoms with Gasteiger partial charge in [-0.15, -0.1) is 0 Å². The van der Waals surface area contributed by atoms with Gasteiger partial charge in [0.2, 0.25) is 0 Å². The van der Waals surface area contributed by atoms with Crippen LogP contribution in [-0.2, 0) is 6.42 Å². The Kier molecular flexibility index (Phi) is 3.80. The molecule has 6 heteroatoms. The lowest BCUT2D eigenvalue weighted by Crippen LogP contribution is -1.93. The maximum Gasteiger partial charge on any atom is 0.298 e. The van der Waals surface area contributed by atoms with Gasteiger partial charge in [0.05, 0.1) is 17.6 Å². The van der Waals surface area contributed by atoms with Gasteiger partial charge in [-0.3, -0.25) is 10.1 Å². The molecule has 0 saturated carbocycles. The van der Waals surface area contributed by atoms with Crippen LogP contribution in [0.5, 0.6) is 0 Å². The van der Waals surface area contributed by atoms with Gasteiger partial charge in [0.1, 0.15) is 5.76 Å². The molecule has 1 aromatic carbocycles. The van der Waals surface area contributed by atoms with Gasteiger partial charge in [-0.05, 0) is 5.56 Å². The monoisotopic (exact) mass is 229 g/mol. The second-order valence-corrected chi connectivity index (χ2v) is 3.12. The number of nitro groups is 1. The van der Waals surface area contributed by atoms with Crippen LogP contribution in [0.2, 0.25) is 0 Å². The normalized spacial score (nSPS) is 10.9. The van der Waals surface area contributed by atoms with Crippen molar-refractivity contribution in [2.45, 2.75) is 6.42 Å². The number of rotatable bonds is 3. The molecule has 1 rings (SSSR count). The zero-order chi connectivity index (χ0) is 12.8. The van der Waals surface area contributed by atoms with Crippen molar-refractivity contribution in [3.8, 4) is 6.07 Å². The molecule has 1 N–H and O–H groups in total. The Labute approximate surface area is 97.0 Å². The first-order valence-electron chi connectivity index (χ1n) is 4.51. The van der Waals surface area contributed by atoms with Crippen molar-refractivity contribution in [2.75, 3.05) is 0 Å². The topological polar surface area (TPSA) is 91.5 Å². The fraction of sp³-hybridized carbons (Fsp3) is 0.0909. The van der Waals surface area contributed by atoms with Crippen LogP contribution in [0.1, 0.15) is 5.56 Å². The summed E-state index contributed by atoms with van der Waals surface area (Å²) in [5.41, 5.74) is 0.163. The summed E-state index contributed by atoms with van der Waals surface area (Å²) in [6.45, 7) is 6.64. The summed E-state index contributed by atoms with van der Waals surface area (Å²) in [6.07, 6.45) is 0.00324. The minimum absolute atomic E-state index is 0.00324. The Hall–Kier alpha value is -2.86. The van der Waals surface area contributed by atoms with Crippen molar-refractivity contribution in [3.05, 3.63) is 62.8 Å². The van der Waals surface area contributed by atoms with Crippen molar-refractivity contribution in [2.24, 2.45) is 0 Å². The van der Waals surface area contributed by atoms with Crippen LogP contribution in [0.15, 0.2) is 35.7 Å². The number of aliphatic hydroxyl groups is 1. The Balaban J connectivity index is 2.92. The second-order valence-electron chi connectivity index (χ2n) is 3.12. The molecule has 0 spiro atoms. The molecule has 6 nitrogen and oxygen atoms in total. The number of nitro benzene ring substituents is 1. The Morgan fingerprint density at radius 2 is 2.12 bits per heavy atom. The number of benzene rings is 1. The van der Waals surface area contributed by atoms with E-state index in [1.807, 2.05) is 0 Å². The molecule has 0 aromatic heterocycles. The number of hydrogen-bond acceptors (Lipinski definition) is 4. The summed E-state index contributed by atoms with van der Waals surface area (Å²) in [7, 11) is 0. The standard InChI is InChI=1S/C11H7N3O3/c1-13-10(7-12)11(15)6-8-2-4-9(5-3-8)14(16)17/h2-5,15H,6H2/b11-10-. The van der Waals surface area contributed by atoms with Crippen LogP contribution in [0, 0.1) is 28.0 Å². The minimum Gasteiger partial charge on any atom is -0.522 e. The predicted octanol–water partition coefficient (Wildman–Crippen LogP) is 2.35. The number of nitrogens with zero attached hydrogens (tertiary/aromatic N) is 3. The molecular weight excluding hydrogens is 222 g/mol. The summed E-state index contributed by atoms with van der Waals surface area (Å²) >= 11 is 0. The molecular formula is C11H7N3O3. The Morgan fingerprint density at radius 1 is 1.53 bits per heavy atom. The molecule has 84 valence electrons. The van der Waals surface area contributed by atoms with Crippen molar-refractivity contribution >= 4 is 5.69 Å². The van der Waals surface area contributed by atoms with Gasteiger partial charge >= 0.3 is 0 Å². The molecule has 0 heterocycles. The number of aliphatic hydroxyl groups excluding tert-OH is 1. The molecule has 0 atom stereocenters. The van der Waals surface area contributed by atoms with Crippen molar-refractivity contribution in [1.29, 1.82) is 5.26 Å². The number of nitriles is 1. The molecule has 0 saturated heterocycles. The van der Waals surface area contributed by atoms with Gasteiger partial charge in [-0.2, -0.15) is 0 Å². The SMILES string of the molecule is [C-]#[N+]/C(C#N)=C(\O)Cc1ccc([N+](=O)[O-])cc1. The van der Waals surface area contributed by atoms with Crippen LogP contribution >= 0.6 is 0 Å². The molecule has 0 amide bonds. The highest BCUT2D eigenvalue weighted by Crippen LogP contribution is 2.15. The smallest absolute Gasteiger partial charge is 0.298 e. The van der Waals surface area contributed by atoms with E-state index in [0.717, 1.165) is 0 Å². The molecule has 0 aliphatic carbocycles. The van der Waals surface area contributed by atoms with E-state index < -0.39 is 4.92 Å². The zero-order valence-corrected chi connectivity index (χ0v) is 8.62. The summed E-state index contributed by atoms with van der Waals surface area (Å²) in [4.78, 5) is 12.7. The molecule has 0 fully saturated rings. The average molecular weight is 229 g/mol. The lowest BCUT2D eigenvalue weighted by molar-refractivity contribution is -0.384. The van der Waals surface area contributed by atoms with E-state index in [1.165, 1.54) is 24.3 Å². The molecule has 17 heavy (non-hydrogen) atoms. The second kappa shape index (κ2) is 5.29. The van der Waals surface area contributed by atoms with Crippen LogP contribution in [0.25, 0.3) is 4.85 Å². The number of non-ortho nitro benzene ring substituents is 1. The maximum absolute atomic E-state index is 10.4. The van der Waals surface area contributed by atoms with Gasteiger partial charge in [0, 0.05) is 18.6 Å². The van der Waals surface area contributed by atoms with Gasteiger partial charge in [-0.25, -0.2) is 10.1 Å². The predicted molar refractivity (Wildman–Crippen MR) is 58.7 cm³/mol. The fourth-order valence-corrected chi connectivity index (χ4v) is 1.17. The highest BCUT2D eigenvalue weighted by molar-refractivity contribution is 5.37. The third-order valence-electron chi connectivity index (χ3n) is 2.01. The quantitative estimate of drug-likeness (QED) is 0.283. The summed E-state index contributed by atoms with van der Waals surface area (Å²) < 4.78 is 0. The number of hydrogen-bond donors (Lipinski definition) is 1. The zero-order valence-electron chi connectivity index (χ0n) is 8.62. The summed E-state index contributed by atoms with van der Waals surface area (Å²) in [5, 5.41) is 28.4. The highest BCUT2D eigenvalue weighted by Gasteiger charge is 2.08. The molecule has 0 bridgehead atoms. The summed E-state index contributed by atoms with van der Waals surface area (Å²) in [5.74, 6) is -0.337. The fourth-order valence-electron chi connectivity index (χ4n) is 1.17. The largest absolute Gasteiger partial charge is 0.522 e. The molecule has 0 radical (unpaired) electrons. The van der Waals surface area contributed by atoms with E-state index in [0.29, 0.717) is 5.56 Å².